The number of hydrogen-bond acceptors (Lipinski definition) is 5. The third kappa shape index (κ3) is 4.78. The average Bonchev–Trinajstić information content (AvgIpc) is 3.45. The number of rotatable bonds is 7. The van der Waals surface area contributed by atoms with Crippen molar-refractivity contribution < 1.29 is 19.4 Å². The van der Waals surface area contributed by atoms with Crippen molar-refractivity contribution in [3.8, 4) is 21.7 Å². The van der Waals surface area contributed by atoms with Crippen LogP contribution < -0.4 is 5.32 Å². The minimum atomic E-state index is -1.17. The van der Waals surface area contributed by atoms with Crippen LogP contribution in [0.3, 0.4) is 0 Å². The van der Waals surface area contributed by atoms with Crippen LogP contribution in [0.4, 0.5) is 4.79 Å². The molecule has 4 aromatic rings. The summed E-state index contributed by atoms with van der Waals surface area (Å²) in [7, 11) is 0. The van der Waals surface area contributed by atoms with Crippen molar-refractivity contribution in [3.63, 3.8) is 0 Å². The molecule has 3 aromatic carbocycles. The molecule has 1 aliphatic rings. The lowest BCUT2D eigenvalue weighted by molar-refractivity contribution is -0.139. The zero-order chi connectivity index (χ0) is 24.4. The fourth-order valence-electron chi connectivity index (χ4n) is 4.35. The van der Waals surface area contributed by atoms with Gasteiger partial charge in [-0.15, -0.1) is 11.3 Å². The van der Waals surface area contributed by atoms with Gasteiger partial charge in [0, 0.05) is 23.3 Å². The SMILES string of the molecule is O=C(NC(Cc1csc(-c2ccccc2Cl)n1)C(=O)O)OCC1c2ccccc2-c2ccccc21. The first-order valence-electron chi connectivity index (χ1n) is 11.0. The molecule has 0 saturated heterocycles. The molecule has 5 rings (SSSR count). The summed E-state index contributed by atoms with van der Waals surface area (Å²) in [6, 6.07) is 22.2. The highest BCUT2D eigenvalue weighted by molar-refractivity contribution is 7.13. The zero-order valence-corrected chi connectivity index (χ0v) is 20.1. The second kappa shape index (κ2) is 9.90. The summed E-state index contributed by atoms with van der Waals surface area (Å²) < 4.78 is 5.50. The molecule has 1 unspecified atom stereocenters. The number of ether oxygens (including phenoxy) is 1. The van der Waals surface area contributed by atoms with E-state index >= 15 is 0 Å². The van der Waals surface area contributed by atoms with E-state index in [1.165, 1.54) is 11.3 Å². The van der Waals surface area contributed by atoms with Crippen LogP contribution in [0.2, 0.25) is 5.02 Å². The van der Waals surface area contributed by atoms with Gasteiger partial charge in [-0.2, -0.15) is 0 Å². The average molecular weight is 505 g/mol. The van der Waals surface area contributed by atoms with Crippen LogP contribution in [0, 0.1) is 0 Å². The maximum absolute atomic E-state index is 12.6. The molecule has 0 radical (unpaired) electrons. The van der Waals surface area contributed by atoms with Crippen molar-refractivity contribution in [2.75, 3.05) is 6.61 Å². The summed E-state index contributed by atoms with van der Waals surface area (Å²) in [6.45, 7) is 0.111. The quantitative estimate of drug-likeness (QED) is 0.322. The van der Waals surface area contributed by atoms with Crippen molar-refractivity contribution in [3.05, 3.63) is 100 Å². The number of aromatic nitrogens is 1. The van der Waals surface area contributed by atoms with Gasteiger partial charge in [0.2, 0.25) is 0 Å². The second-order valence-corrected chi connectivity index (χ2v) is 9.45. The van der Waals surface area contributed by atoms with Gasteiger partial charge < -0.3 is 15.2 Å². The van der Waals surface area contributed by atoms with E-state index in [1.54, 1.807) is 11.4 Å². The molecule has 6 nitrogen and oxygen atoms in total. The predicted octanol–water partition coefficient (Wildman–Crippen LogP) is 6.00. The summed E-state index contributed by atoms with van der Waals surface area (Å²) >= 11 is 7.61. The molecular weight excluding hydrogens is 484 g/mol. The summed E-state index contributed by atoms with van der Waals surface area (Å²) in [6.07, 6.45) is -0.749. The van der Waals surface area contributed by atoms with Crippen LogP contribution >= 0.6 is 22.9 Å². The Bertz CT molecular complexity index is 1360. The minimum Gasteiger partial charge on any atom is -0.480 e. The Balaban J connectivity index is 1.25. The minimum absolute atomic E-state index is 0.0283. The number of nitrogens with zero attached hydrogens (tertiary/aromatic N) is 1. The number of hydrogen-bond donors (Lipinski definition) is 2. The van der Waals surface area contributed by atoms with Crippen molar-refractivity contribution in [1.29, 1.82) is 0 Å². The number of nitrogens with one attached hydrogen (secondary N) is 1. The van der Waals surface area contributed by atoms with Gasteiger partial charge in [-0.1, -0.05) is 78.3 Å². The van der Waals surface area contributed by atoms with E-state index in [9.17, 15) is 14.7 Å². The van der Waals surface area contributed by atoms with Crippen molar-refractivity contribution in [2.45, 2.75) is 18.4 Å². The lowest BCUT2D eigenvalue weighted by Crippen LogP contribution is -2.43. The summed E-state index contributed by atoms with van der Waals surface area (Å²) in [5, 5.41) is 15.2. The van der Waals surface area contributed by atoms with Crippen molar-refractivity contribution >= 4 is 35.0 Å². The number of fused-ring (bicyclic) bond motifs is 3. The number of carbonyl (C=O) groups is 2. The topological polar surface area (TPSA) is 88.5 Å². The number of carboxylic acids is 1. The Kier molecular flexibility index (Phi) is 6.53. The van der Waals surface area contributed by atoms with E-state index < -0.39 is 18.1 Å². The Morgan fingerprint density at radius 1 is 0.971 bits per heavy atom. The number of carbonyl (C=O) groups excluding carboxylic acids is 1. The molecule has 0 fully saturated rings. The maximum Gasteiger partial charge on any atom is 0.407 e. The van der Waals surface area contributed by atoms with E-state index in [2.05, 4.69) is 22.4 Å². The van der Waals surface area contributed by atoms with Gasteiger partial charge in [-0.05, 0) is 28.3 Å². The fourth-order valence-corrected chi connectivity index (χ4v) is 5.50. The smallest absolute Gasteiger partial charge is 0.407 e. The zero-order valence-electron chi connectivity index (χ0n) is 18.5. The molecule has 2 N–H and O–H groups in total. The molecule has 8 heteroatoms. The van der Waals surface area contributed by atoms with E-state index in [4.69, 9.17) is 16.3 Å². The Morgan fingerprint density at radius 2 is 1.57 bits per heavy atom. The monoisotopic (exact) mass is 504 g/mol. The van der Waals surface area contributed by atoms with Crippen LogP contribution in [-0.2, 0) is 16.0 Å². The number of halogens is 1. The summed E-state index contributed by atoms with van der Waals surface area (Å²) in [5.74, 6) is -1.26. The van der Waals surface area contributed by atoms with Crippen LogP contribution in [0.1, 0.15) is 22.7 Å². The van der Waals surface area contributed by atoms with Crippen LogP contribution in [-0.4, -0.2) is 34.8 Å². The number of benzene rings is 3. The molecule has 0 spiro atoms. The van der Waals surface area contributed by atoms with Gasteiger partial charge in [-0.3, -0.25) is 0 Å². The molecule has 0 saturated carbocycles. The van der Waals surface area contributed by atoms with Crippen LogP contribution in [0.25, 0.3) is 21.7 Å². The van der Waals surface area contributed by atoms with Gasteiger partial charge in [0.15, 0.2) is 0 Å². The number of amides is 1. The molecule has 1 aliphatic carbocycles. The first kappa shape index (κ1) is 23.1. The normalized spacial score (nSPS) is 13.1. The van der Waals surface area contributed by atoms with E-state index in [0.29, 0.717) is 15.7 Å². The molecule has 176 valence electrons. The fraction of sp³-hybridized carbons (Fsp3) is 0.148. The van der Waals surface area contributed by atoms with Gasteiger partial charge in [0.05, 0.1) is 10.7 Å². The van der Waals surface area contributed by atoms with Crippen LogP contribution in [0.5, 0.6) is 0 Å². The van der Waals surface area contributed by atoms with Gasteiger partial charge >= 0.3 is 12.1 Å². The highest BCUT2D eigenvalue weighted by atomic mass is 35.5. The number of aliphatic carboxylic acids is 1. The third-order valence-corrected chi connectivity index (χ3v) is 7.26. The lowest BCUT2D eigenvalue weighted by atomic mass is 9.98. The Hall–Kier alpha value is -3.68. The first-order chi connectivity index (χ1) is 17.0. The summed E-state index contributed by atoms with van der Waals surface area (Å²) in [4.78, 5) is 28.9. The predicted molar refractivity (Wildman–Crippen MR) is 136 cm³/mol. The second-order valence-electron chi connectivity index (χ2n) is 8.19. The van der Waals surface area contributed by atoms with Gasteiger partial charge in [0.25, 0.3) is 0 Å². The molecule has 35 heavy (non-hydrogen) atoms. The standard InChI is InChI=1S/C27H21ClN2O4S/c28-23-12-6-5-11-21(23)25-29-16(15-35-25)13-24(26(31)32)30-27(33)34-14-22-19-9-3-1-7-17(19)18-8-2-4-10-20(18)22/h1-12,15,22,24H,13-14H2,(H,30,33)(H,31,32). The molecule has 0 bridgehead atoms. The first-order valence-corrected chi connectivity index (χ1v) is 12.3. The van der Waals surface area contributed by atoms with Crippen molar-refractivity contribution in [2.24, 2.45) is 0 Å². The Morgan fingerprint density at radius 3 is 2.20 bits per heavy atom. The number of alkyl carbamates (subject to hydrolysis) is 1. The summed E-state index contributed by atoms with van der Waals surface area (Å²) in [5.41, 5.74) is 5.76. The van der Waals surface area contributed by atoms with E-state index in [1.807, 2.05) is 54.6 Å². The van der Waals surface area contributed by atoms with Crippen LogP contribution in [0.15, 0.2) is 78.2 Å². The molecule has 1 aromatic heterocycles. The van der Waals surface area contributed by atoms with E-state index in [-0.39, 0.29) is 18.9 Å². The third-order valence-electron chi connectivity index (χ3n) is 6.00. The molecule has 1 amide bonds. The maximum atomic E-state index is 12.6. The number of thiazole rings is 1. The van der Waals surface area contributed by atoms with E-state index in [0.717, 1.165) is 27.8 Å². The molecule has 1 heterocycles. The van der Waals surface area contributed by atoms with Gasteiger partial charge in [-0.25, -0.2) is 14.6 Å². The highest BCUT2D eigenvalue weighted by Crippen LogP contribution is 2.44. The number of carboxylic acid groups (broad SMARTS) is 1. The molecule has 1 atom stereocenters. The largest absolute Gasteiger partial charge is 0.480 e. The van der Waals surface area contributed by atoms with Crippen molar-refractivity contribution in [1.82, 2.24) is 10.3 Å². The molecular formula is C27H21ClN2O4S. The highest BCUT2D eigenvalue weighted by Gasteiger charge is 2.30. The lowest BCUT2D eigenvalue weighted by Gasteiger charge is -2.17. The molecule has 0 aliphatic heterocycles. The Labute approximate surface area is 211 Å². The van der Waals surface area contributed by atoms with Gasteiger partial charge in [0.1, 0.15) is 17.7 Å².